The molecule has 28 heavy (non-hydrogen) atoms. The highest BCUT2D eigenvalue weighted by molar-refractivity contribution is 5.91. The third kappa shape index (κ3) is 4.23. The normalized spacial score (nSPS) is 13.4. The highest BCUT2D eigenvalue weighted by Gasteiger charge is 2.22. The van der Waals surface area contributed by atoms with E-state index < -0.39 is 0 Å². The fourth-order valence-corrected chi connectivity index (χ4v) is 2.96. The third-order valence-electron chi connectivity index (χ3n) is 4.78. The molecule has 6 heteroatoms. The summed E-state index contributed by atoms with van der Waals surface area (Å²) in [6.45, 7) is 2.34. The minimum atomic E-state index is -0.0906. The molecular weight excluding hydrogens is 352 g/mol. The Hall–Kier alpha value is -3.12. The Morgan fingerprint density at radius 1 is 1.14 bits per heavy atom. The lowest BCUT2D eigenvalue weighted by Gasteiger charge is -2.09. The summed E-state index contributed by atoms with van der Waals surface area (Å²) in [5, 5.41) is 6.18. The Morgan fingerprint density at radius 3 is 2.50 bits per heavy atom. The van der Waals surface area contributed by atoms with Crippen molar-refractivity contribution in [3.05, 3.63) is 60.3 Å². The molecule has 2 aromatic carbocycles. The summed E-state index contributed by atoms with van der Waals surface area (Å²) in [6, 6.07) is 16.3. The molecule has 0 radical (unpaired) electrons. The highest BCUT2D eigenvalue weighted by Crippen LogP contribution is 2.26. The zero-order valence-corrected chi connectivity index (χ0v) is 16.1. The SMILES string of the molecule is COc1ccc(-c2cn(-c3ccc(C)cc3)c(NC(=O)CNC3CC3)n2)cc1. The van der Waals surface area contributed by atoms with Crippen molar-refractivity contribution >= 4 is 11.9 Å². The van der Waals surface area contributed by atoms with Crippen LogP contribution in [-0.4, -0.2) is 35.2 Å². The van der Waals surface area contributed by atoms with Crippen LogP contribution in [0.5, 0.6) is 5.75 Å². The van der Waals surface area contributed by atoms with Gasteiger partial charge in [0.15, 0.2) is 0 Å². The Morgan fingerprint density at radius 2 is 1.86 bits per heavy atom. The molecular formula is C22H24N4O2. The van der Waals surface area contributed by atoms with E-state index in [0.717, 1.165) is 35.5 Å². The van der Waals surface area contributed by atoms with Gasteiger partial charge in [0.25, 0.3) is 0 Å². The quantitative estimate of drug-likeness (QED) is 0.662. The number of hydrogen-bond donors (Lipinski definition) is 2. The van der Waals surface area contributed by atoms with Gasteiger partial charge >= 0.3 is 0 Å². The van der Waals surface area contributed by atoms with E-state index in [-0.39, 0.29) is 5.91 Å². The molecule has 4 rings (SSSR count). The van der Waals surface area contributed by atoms with E-state index in [1.54, 1.807) is 7.11 Å². The molecule has 0 saturated heterocycles. The first-order valence-electron chi connectivity index (χ1n) is 9.46. The molecule has 1 aliphatic rings. The van der Waals surface area contributed by atoms with Gasteiger partial charge in [0.1, 0.15) is 5.75 Å². The number of rotatable bonds is 7. The van der Waals surface area contributed by atoms with Crippen LogP contribution in [0, 0.1) is 6.92 Å². The van der Waals surface area contributed by atoms with Crippen molar-refractivity contribution in [3.63, 3.8) is 0 Å². The second-order valence-electron chi connectivity index (χ2n) is 7.09. The Labute approximate surface area is 164 Å². The first-order chi connectivity index (χ1) is 13.6. The standard InChI is InChI=1S/C22H24N4O2/c1-15-3-9-18(10-4-15)26-14-20(16-5-11-19(28-2)12-6-16)24-22(26)25-21(27)13-23-17-7-8-17/h3-6,9-12,14,17,23H,7-8,13H2,1-2H3,(H,24,25,27). The first kappa shape index (κ1) is 18.3. The molecule has 1 heterocycles. The molecule has 6 nitrogen and oxygen atoms in total. The third-order valence-corrected chi connectivity index (χ3v) is 4.78. The number of methoxy groups -OCH3 is 1. The van der Waals surface area contributed by atoms with Gasteiger partial charge in [-0.3, -0.25) is 14.7 Å². The van der Waals surface area contributed by atoms with E-state index in [1.807, 2.05) is 66.2 Å². The number of benzene rings is 2. The fourth-order valence-electron chi connectivity index (χ4n) is 2.96. The molecule has 0 unspecified atom stereocenters. The van der Waals surface area contributed by atoms with Crippen LogP contribution in [0.4, 0.5) is 5.95 Å². The van der Waals surface area contributed by atoms with E-state index in [1.165, 1.54) is 5.56 Å². The molecule has 1 aromatic heterocycles. The van der Waals surface area contributed by atoms with Crippen molar-refractivity contribution in [2.24, 2.45) is 0 Å². The van der Waals surface area contributed by atoms with Crippen LogP contribution in [0.25, 0.3) is 16.9 Å². The van der Waals surface area contributed by atoms with Crippen LogP contribution >= 0.6 is 0 Å². The molecule has 144 valence electrons. The minimum absolute atomic E-state index is 0.0906. The van der Waals surface area contributed by atoms with Crippen LogP contribution in [0.3, 0.4) is 0 Å². The minimum Gasteiger partial charge on any atom is -0.497 e. The van der Waals surface area contributed by atoms with Gasteiger partial charge in [0.2, 0.25) is 11.9 Å². The number of aryl methyl sites for hydroxylation is 1. The lowest BCUT2D eigenvalue weighted by Crippen LogP contribution is -2.30. The van der Waals surface area contributed by atoms with Crippen LogP contribution in [-0.2, 0) is 4.79 Å². The van der Waals surface area contributed by atoms with Crippen molar-refractivity contribution < 1.29 is 9.53 Å². The lowest BCUT2D eigenvalue weighted by molar-refractivity contribution is -0.115. The maximum atomic E-state index is 12.4. The summed E-state index contributed by atoms with van der Waals surface area (Å²) in [7, 11) is 1.64. The maximum Gasteiger partial charge on any atom is 0.240 e. The van der Waals surface area contributed by atoms with E-state index in [0.29, 0.717) is 18.5 Å². The maximum absolute atomic E-state index is 12.4. The van der Waals surface area contributed by atoms with Crippen LogP contribution in [0.15, 0.2) is 54.7 Å². The van der Waals surface area contributed by atoms with Crippen LogP contribution in [0.1, 0.15) is 18.4 Å². The van der Waals surface area contributed by atoms with E-state index >= 15 is 0 Å². The molecule has 1 saturated carbocycles. The summed E-state index contributed by atoms with van der Waals surface area (Å²) in [4.78, 5) is 17.0. The summed E-state index contributed by atoms with van der Waals surface area (Å²) in [6.07, 6.45) is 4.23. The van der Waals surface area contributed by atoms with Crippen molar-refractivity contribution in [2.75, 3.05) is 19.0 Å². The van der Waals surface area contributed by atoms with Gasteiger partial charge in [-0.1, -0.05) is 17.7 Å². The number of ether oxygens (including phenoxy) is 1. The molecule has 1 fully saturated rings. The molecule has 0 bridgehead atoms. The fraction of sp³-hybridized carbons (Fsp3) is 0.273. The number of carbonyl (C=O) groups is 1. The summed E-state index contributed by atoms with van der Waals surface area (Å²) < 4.78 is 7.14. The summed E-state index contributed by atoms with van der Waals surface area (Å²) in [5.41, 5.74) is 3.87. The number of hydrogen-bond acceptors (Lipinski definition) is 4. The predicted octanol–water partition coefficient (Wildman–Crippen LogP) is 3.55. The number of imidazole rings is 1. The van der Waals surface area contributed by atoms with E-state index in [9.17, 15) is 4.79 Å². The Balaban J connectivity index is 1.63. The summed E-state index contributed by atoms with van der Waals surface area (Å²) in [5.74, 6) is 1.21. The van der Waals surface area contributed by atoms with Crippen molar-refractivity contribution in [2.45, 2.75) is 25.8 Å². The van der Waals surface area contributed by atoms with Gasteiger partial charge in [-0.15, -0.1) is 0 Å². The molecule has 3 aromatic rings. The first-order valence-corrected chi connectivity index (χ1v) is 9.46. The van der Waals surface area contributed by atoms with E-state index in [4.69, 9.17) is 4.74 Å². The lowest BCUT2D eigenvalue weighted by atomic mass is 10.1. The molecule has 0 aliphatic heterocycles. The smallest absolute Gasteiger partial charge is 0.240 e. The molecule has 0 spiro atoms. The van der Waals surface area contributed by atoms with E-state index in [2.05, 4.69) is 15.6 Å². The average Bonchev–Trinajstić information content (AvgIpc) is 3.46. The molecule has 1 aliphatic carbocycles. The number of carbonyl (C=O) groups excluding carboxylic acids is 1. The van der Waals surface area contributed by atoms with Crippen LogP contribution < -0.4 is 15.4 Å². The number of aromatic nitrogens is 2. The topological polar surface area (TPSA) is 68.2 Å². The van der Waals surface area contributed by atoms with Gasteiger partial charge in [0.05, 0.1) is 19.3 Å². The number of nitrogens with zero attached hydrogens (tertiary/aromatic N) is 2. The molecule has 1 amide bonds. The average molecular weight is 376 g/mol. The molecule has 0 atom stereocenters. The monoisotopic (exact) mass is 376 g/mol. The highest BCUT2D eigenvalue weighted by atomic mass is 16.5. The second-order valence-corrected chi connectivity index (χ2v) is 7.09. The number of amides is 1. The number of anilines is 1. The van der Waals surface area contributed by atoms with Gasteiger partial charge in [-0.05, 0) is 56.2 Å². The van der Waals surface area contributed by atoms with Crippen molar-refractivity contribution in [1.82, 2.24) is 14.9 Å². The molecule has 2 N–H and O–H groups in total. The number of nitrogens with one attached hydrogen (secondary N) is 2. The van der Waals surface area contributed by atoms with Crippen LogP contribution in [0.2, 0.25) is 0 Å². The van der Waals surface area contributed by atoms with Gasteiger partial charge in [0, 0.05) is 23.5 Å². The van der Waals surface area contributed by atoms with Crippen molar-refractivity contribution in [1.29, 1.82) is 0 Å². The predicted molar refractivity (Wildman–Crippen MR) is 110 cm³/mol. The van der Waals surface area contributed by atoms with Crippen molar-refractivity contribution in [3.8, 4) is 22.7 Å². The summed E-state index contributed by atoms with van der Waals surface area (Å²) >= 11 is 0. The largest absolute Gasteiger partial charge is 0.497 e. The second kappa shape index (κ2) is 7.86. The van der Waals surface area contributed by atoms with Gasteiger partial charge in [-0.25, -0.2) is 4.98 Å². The van der Waals surface area contributed by atoms with Gasteiger partial charge < -0.3 is 10.1 Å². The zero-order valence-electron chi connectivity index (χ0n) is 16.1. The zero-order chi connectivity index (χ0) is 19.5. The Kier molecular flexibility index (Phi) is 5.12. The van der Waals surface area contributed by atoms with Gasteiger partial charge in [-0.2, -0.15) is 0 Å². The Bertz CT molecular complexity index is 957.